The standard InChI is InChI=1S/C16H26N2/c1-13-5-4-6-16(9-13)12-18-8-7-15(3)17-10-14(2)11-18/h4-6,9,14-15,17H,7-8,10-12H2,1-3H3. The maximum Gasteiger partial charge on any atom is 0.0233 e. The van der Waals surface area contributed by atoms with E-state index in [0.29, 0.717) is 6.04 Å². The Morgan fingerprint density at radius 3 is 2.94 bits per heavy atom. The quantitative estimate of drug-likeness (QED) is 0.863. The second kappa shape index (κ2) is 6.35. The molecule has 2 rings (SSSR count). The van der Waals surface area contributed by atoms with Crippen molar-refractivity contribution < 1.29 is 0 Å². The Morgan fingerprint density at radius 2 is 2.17 bits per heavy atom. The van der Waals surface area contributed by atoms with Gasteiger partial charge in [0, 0.05) is 19.1 Å². The van der Waals surface area contributed by atoms with Gasteiger partial charge in [-0.25, -0.2) is 0 Å². The van der Waals surface area contributed by atoms with Crippen LogP contribution in [0.4, 0.5) is 0 Å². The monoisotopic (exact) mass is 246 g/mol. The fourth-order valence-corrected chi connectivity index (χ4v) is 2.69. The summed E-state index contributed by atoms with van der Waals surface area (Å²) in [5, 5.41) is 3.60. The van der Waals surface area contributed by atoms with Crippen LogP contribution in [-0.2, 0) is 6.54 Å². The van der Waals surface area contributed by atoms with Gasteiger partial charge in [0.2, 0.25) is 0 Å². The number of nitrogens with zero attached hydrogens (tertiary/aromatic N) is 1. The number of benzene rings is 1. The molecule has 100 valence electrons. The lowest BCUT2D eigenvalue weighted by molar-refractivity contribution is 0.195. The van der Waals surface area contributed by atoms with Crippen LogP contribution in [0.15, 0.2) is 24.3 Å². The van der Waals surface area contributed by atoms with Crippen LogP contribution in [0.25, 0.3) is 0 Å². The lowest BCUT2D eigenvalue weighted by Crippen LogP contribution is -2.42. The fraction of sp³-hybridized carbons (Fsp3) is 0.625. The molecule has 1 aliphatic rings. The Bertz CT molecular complexity index is 375. The van der Waals surface area contributed by atoms with Crippen LogP contribution in [0.5, 0.6) is 0 Å². The van der Waals surface area contributed by atoms with E-state index >= 15 is 0 Å². The highest BCUT2D eigenvalue weighted by atomic mass is 15.1. The largest absolute Gasteiger partial charge is 0.314 e. The molecule has 2 atom stereocenters. The molecular weight excluding hydrogens is 220 g/mol. The Kier molecular flexibility index (Phi) is 4.79. The molecule has 1 aliphatic heterocycles. The highest BCUT2D eigenvalue weighted by Crippen LogP contribution is 2.12. The zero-order chi connectivity index (χ0) is 13.0. The molecule has 0 radical (unpaired) electrons. The molecule has 2 heteroatoms. The molecule has 1 aromatic rings. The van der Waals surface area contributed by atoms with Gasteiger partial charge in [-0.3, -0.25) is 4.90 Å². The summed E-state index contributed by atoms with van der Waals surface area (Å²) in [6.45, 7) is 11.5. The molecule has 0 amide bonds. The van der Waals surface area contributed by atoms with E-state index in [2.05, 4.69) is 55.3 Å². The molecule has 1 N–H and O–H groups in total. The second-order valence-electron chi connectivity index (χ2n) is 5.93. The number of hydrogen-bond acceptors (Lipinski definition) is 2. The van der Waals surface area contributed by atoms with Crippen molar-refractivity contribution in [3.05, 3.63) is 35.4 Å². The molecule has 0 aromatic heterocycles. The number of hydrogen-bond donors (Lipinski definition) is 1. The third kappa shape index (κ3) is 4.11. The maximum atomic E-state index is 3.60. The van der Waals surface area contributed by atoms with Crippen LogP contribution in [0.1, 0.15) is 31.4 Å². The Labute approximate surface area is 111 Å². The molecule has 0 bridgehead atoms. The Balaban J connectivity index is 1.98. The zero-order valence-electron chi connectivity index (χ0n) is 11.9. The van der Waals surface area contributed by atoms with E-state index in [0.717, 1.165) is 19.0 Å². The summed E-state index contributed by atoms with van der Waals surface area (Å²) in [6.07, 6.45) is 1.25. The average Bonchev–Trinajstić information content (AvgIpc) is 2.32. The summed E-state index contributed by atoms with van der Waals surface area (Å²) in [6, 6.07) is 9.55. The molecule has 0 aliphatic carbocycles. The highest BCUT2D eigenvalue weighted by molar-refractivity contribution is 5.22. The van der Waals surface area contributed by atoms with E-state index in [1.165, 1.54) is 30.6 Å². The smallest absolute Gasteiger partial charge is 0.0233 e. The van der Waals surface area contributed by atoms with Gasteiger partial charge in [0.1, 0.15) is 0 Å². The third-order valence-electron chi connectivity index (χ3n) is 3.75. The summed E-state index contributed by atoms with van der Waals surface area (Å²) in [7, 11) is 0. The summed E-state index contributed by atoms with van der Waals surface area (Å²) in [5.41, 5.74) is 2.81. The van der Waals surface area contributed by atoms with E-state index < -0.39 is 0 Å². The van der Waals surface area contributed by atoms with Gasteiger partial charge in [-0.2, -0.15) is 0 Å². The van der Waals surface area contributed by atoms with Crippen LogP contribution >= 0.6 is 0 Å². The van der Waals surface area contributed by atoms with Gasteiger partial charge in [0.15, 0.2) is 0 Å². The van der Waals surface area contributed by atoms with Gasteiger partial charge in [-0.15, -0.1) is 0 Å². The summed E-state index contributed by atoms with van der Waals surface area (Å²) < 4.78 is 0. The Morgan fingerprint density at radius 1 is 1.33 bits per heavy atom. The van der Waals surface area contributed by atoms with Crippen molar-refractivity contribution in [3.63, 3.8) is 0 Å². The molecule has 1 aromatic carbocycles. The summed E-state index contributed by atoms with van der Waals surface area (Å²) >= 11 is 0. The Hall–Kier alpha value is -0.860. The van der Waals surface area contributed by atoms with Crippen molar-refractivity contribution in [2.45, 2.75) is 39.8 Å². The van der Waals surface area contributed by atoms with E-state index in [4.69, 9.17) is 0 Å². The van der Waals surface area contributed by atoms with Crippen LogP contribution in [0, 0.1) is 12.8 Å². The first-order valence-corrected chi connectivity index (χ1v) is 7.15. The minimum absolute atomic E-state index is 0.646. The number of rotatable bonds is 2. The number of nitrogens with one attached hydrogen (secondary N) is 1. The fourth-order valence-electron chi connectivity index (χ4n) is 2.69. The predicted molar refractivity (Wildman–Crippen MR) is 77.7 cm³/mol. The van der Waals surface area contributed by atoms with E-state index in [9.17, 15) is 0 Å². The summed E-state index contributed by atoms with van der Waals surface area (Å²) in [4.78, 5) is 2.61. The van der Waals surface area contributed by atoms with Crippen molar-refractivity contribution in [1.29, 1.82) is 0 Å². The van der Waals surface area contributed by atoms with Crippen molar-refractivity contribution >= 4 is 0 Å². The third-order valence-corrected chi connectivity index (χ3v) is 3.75. The first-order chi connectivity index (χ1) is 8.63. The van der Waals surface area contributed by atoms with Gasteiger partial charge < -0.3 is 5.32 Å². The van der Waals surface area contributed by atoms with Gasteiger partial charge in [-0.05, 0) is 44.8 Å². The van der Waals surface area contributed by atoms with E-state index in [1.807, 2.05) is 0 Å². The van der Waals surface area contributed by atoms with E-state index in [-0.39, 0.29) is 0 Å². The first-order valence-electron chi connectivity index (χ1n) is 7.15. The molecule has 1 saturated heterocycles. The first kappa shape index (κ1) is 13.6. The van der Waals surface area contributed by atoms with Crippen LogP contribution in [0.2, 0.25) is 0 Å². The normalized spacial score (nSPS) is 26.6. The van der Waals surface area contributed by atoms with Crippen molar-refractivity contribution in [3.8, 4) is 0 Å². The molecule has 18 heavy (non-hydrogen) atoms. The van der Waals surface area contributed by atoms with Gasteiger partial charge in [0.05, 0.1) is 0 Å². The molecule has 2 unspecified atom stereocenters. The van der Waals surface area contributed by atoms with E-state index in [1.54, 1.807) is 0 Å². The average molecular weight is 246 g/mol. The highest BCUT2D eigenvalue weighted by Gasteiger charge is 2.16. The van der Waals surface area contributed by atoms with Crippen LogP contribution in [-0.4, -0.2) is 30.6 Å². The molecule has 1 fully saturated rings. The maximum absolute atomic E-state index is 3.60. The minimum Gasteiger partial charge on any atom is -0.314 e. The van der Waals surface area contributed by atoms with Crippen molar-refractivity contribution in [1.82, 2.24) is 10.2 Å². The minimum atomic E-state index is 0.646. The van der Waals surface area contributed by atoms with Crippen LogP contribution in [0.3, 0.4) is 0 Å². The number of aryl methyl sites for hydroxylation is 1. The second-order valence-corrected chi connectivity index (χ2v) is 5.93. The molecule has 1 heterocycles. The topological polar surface area (TPSA) is 15.3 Å². The van der Waals surface area contributed by atoms with Gasteiger partial charge >= 0.3 is 0 Å². The molecule has 2 nitrogen and oxygen atoms in total. The van der Waals surface area contributed by atoms with Gasteiger partial charge in [-0.1, -0.05) is 36.8 Å². The SMILES string of the molecule is Cc1cccc(CN2CCC(C)NCC(C)C2)c1. The predicted octanol–water partition coefficient (Wildman–Crippen LogP) is 2.81. The van der Waals surface area contributed by atoms with Crippen molar-refractivity contribution in [2.75, 3.05) is 19.6 Å². The van der Waals surface area contributed by atoms with Gasteiger partial charge in [0.25, 0.3) is 0 Å². The van der Waals surface area contributed by atoms with Crippen LogP contribution < -0.4 is 5.32 Å². The van der Waals surface area contributed by atoms with Crippen molar-refractivity contribution in [2.24, 2.45) is 5.92 Å². The lowest BCUT2D eigenvalue weighted by Gasteiger charge is -2.31. The molecule has 0 spiro atoms. The zero-order valence-corrected chi connectivity index (χ0v) is 11.9. The molecular formula is C16H26N2. The lowest BCUT2D eigenvalue weighted by atomic mass is 10.1. The molecule has 0 saturated carbocycles. The summed E-state index contributed by atoms with van der Waals surface area (Å²) in [5.74, 6) is 0.734.